The van der Waals surface area contributed by atoms with Crippen molar-refractivity contribution in [2.24, 2.45) is 5.41 Å². The molecule has 0 aliphatic carbocycles. The van der Waals surface area contributed by atoms with Gasteiger partial charge in [0.2, 0.25) is 5.91 Å². The molecule has 2 heterocycles. The van der Waals surface area contributed by atoms with Gasteiger partial charge in [0.1, 0.15) is 16.5 Å². The van der Waals surface area contributed by atoms with Gasteiger partial charge in [-0.25, -0.2) is 9.97 Å². The number of thiazole rings is 1. The second-order valence-corrected chi connectivity index (χ2v) is 8.53. The van der Waals surface area contributed by atoms with E-state index < -0.39 is 5.41 Å². The van der Waals surface area contributed by atoms with Crippen molar-refractivity contribution < 1.29 is 14.3 Å². The number of nitrogens with zero attached hydrogens (tertiary/aromatic N) is 2. The topological polar surface area (TPSA) is 73.3 Å². The molecule has 0 atom stereocenters. The summed E-state index contributed by atoms with van der Waals surface area (Å²) in [5.74, 6) is 0.603. The number of benzene rings is 1. The fourth-order valence-corrected chi connectivity index (χ4v) is 3.42. The molecule has 1 amide bonds. The molecule has 3 aromatic rings. The van der Waals surface area contributed by atoms with E-state index in [0.717, 1.165) is 21.0 Å². The first-order valence-corrected chi connectivity index (χ1v) is 10.1. The molecule has 0 aliphatic rings. The summed E-state index contributed by atoms with van der Waals surface area (Å²) < 4.78 is 11.7. The maximum atomic E-state index is 12.2. The van der Waals surface area contributed by atoms with Crippen LogP contribution in [0.2, 0.25) is 5.15 Å². The minimum Gasteiger partial charge on any atom is -0.468 e. The lowest BCUT2D eigenvalue weighted by atomic mass is 9.95. The number of hydrogen-bond donors (Lipinski definition) is 1. The van der Waals surface area contributed by atoms with Crippen LogP contribution in [0.5, 0.6) is 5.75 Å². The van der Waals surface area contributed by atoms with Gasteiger partial charge in [0.15, 0.2) is 11.9 Å². The summed E-state index contributed by atoms with van der Waals surface area (Å²) in [6, 6.07) is 9.23. The third-order valence-electron chi connectivity index (χ3n) is 3.87. The molecule has 148 valence electrons. The summed E-state index contributed by atoms with van der Waals surface area (Å²) >= 11 is 7.78. The molecule has 0 spiro atoms. The Labute approximate surface area is 172 Å². The summed E-state index contributed by atoms with van der Waals surface area (Å²) in [6.07, 6.45) is 0. The number of carbonyl (C=O) groups excluding carboxylic acids is 1. The van der Waals surface area contributed by atoms with Crippen molar-refractivity contribution >= 4 is 44.7 Å². The number of carbonyl (C=O) groups is 1. The lowest BCUT2D eigenvalue weighted by Crippen LogP contribution is -2.27. The Morgan fingerprint density at radius 2 is 2.00 bits per heavy atom. The van der Waals surface area contributed by atoms with Crippen molar-refractivity contribution in [3.05, 3.63) is 35.5 Å². The highest BCUT2D eigenvalue weighted by Gasteiger charge is 2.22. The number of anilines is 1. The van der Waals surface area contributed by atoms with Crippen LogP contribution in [0.25, 0.3) is 20.9 Å². The summed E-state index contributed by atoms with van der Waals surface area (Å²) in [5, 5.41) is 3.78. The molecule has 0 bridgehead atoms. The first-order chi connectivity index (χ1) is 13.3. The summed E-state index contributed by atoms with van der Waals surface area (Å²) in [4.78, 5) is 21.2. The van der Waals surface area contributed by atoms with E-state index in [0.29, 0.717) is 18.0 Å². The highest BCUT2D eigenvalue weighted by Crippen LogP contribution is 2.33. The van der Waals surface area contributed by atoms with E-state index in [2.05, 4.69) is 15.3 Å². The van der Waals surface area contributed by atoms with Crippen LogP contribution in [0.1, 0.15) is 27.7 Å². The van der Waals surface area contributed by atoms with Crippen molar-refractivity contribution in [1.29, 1.82) is 0 Å². The molecular formula is C20H22ClN3O3S. The number of pyridine rings is 1. The molecule has 0 saturated heterocycles. The number of amides is 1. The molecule has 3 rings (SSSR count). The van der Waals surface area contributed by atoms with Gasteiger partial charge in [-0.3, -0.25) is 4.79 Å². The molecule has 0 unspecified atom stereocenters. The first kappa shape index (κ1) is 20.5. The number of fused-ring (bicyclic) bond motifs is 1. The van der Waals surface area contributed by atoms with Gasteiger partial charge < -0.3 is 14.8 Å². The van der Waals surface area contributed by atoms with Crippen LogP contribution in [0.4, 0.5) is 5.69 Å². The van der Waals surface area contributed by atoms with Crippen LogP contribution in [-0.2, 0) is 9.53 Å². The van der Waals surface area contributed by atoms with Crippen LogP contribution in [0, 0.1) is 5.41 Å². The molecule has 1 N–H and O–H groups in total. The third-order valence-corrected chi connectivity index (χ3v) is 5.20. The molecule has 0 radical (unpaired) electrons. The minimum atomic E-state index is -0.517. The zero-order valence-corrected chi connectivity index (χ0v) is 17.8. The van der Waals surface area contributed by atoms with Gasteiger partial charge >= 0.3 is 0 Å². The molecule has 6 nitrogen and oxygen atoms in total. The smallest absolute Gasteiger partial charge is 0.229 e. The highest BCUT2D eigenvalue weighted by atomic mass is 35.5. The van der Waals surface area contributed by atoms with E-state index in [1.165, 1.54) is 11.3 Å². The number of halogens is 1. The molecular weight excluding hydrogens is 398 g/mol. The monoisotopic (exact) mass is 419 g/mol. The predicted molar refractivity (Wildman–Crippen MR) is 113 cm³/mol. The van der Waals surface area contributed by atoms with E-state index in [4.69, 9.17) is 21.1 Å². The van der Waals surface area contributed by atoms with Gasteiger partial charge in [0.25, 0.3) is 0 Å². The Kier molecular flexibility index (Phi) is 6.17. The van der Waals surface area contributed by atoms with E-state index in [1.807, 2.05) is 45.9 Å². The van der Waals surface area contributed by atoms with Gasteiger partial charge in [0.05, 0.1) is 15.9 Å². The van der Waals surface area contributed by atoms with Crippen molar-refractivity contribution in [1.82, 2.24) is 9.97 Å². The average Bonchev–Trinajstić information content (AvgIpc) is 3.06. The largest absolute Gasteiger partial charge is 0.468 e. The zero-order valence-electron chi connectivity index (χ0n) is 16.2. The van der Waals surface area contributed by atoms with Crippen LogP contribution in [-0.4, -0.2) is 29.3 Å². The van der Waals surface area contributed by atoms with Crippen LogP contribution in [0.15, 0.2) is 30.3 Å². The standard InChI is InChI=1S/C20H22ClN3O3S/c1-5-26-11-27-12-6-7-13-16(10-12)28-18(23-13)15-9-8-14(17(21)22-15)24-19(25)20(2,3)4/h6-10H,5,11H2,1-4H3,(H,24,25). The molecule has 2 aromatic heterocycles. The van der Waals surface area contributed by atoms with Gasteiger partial charge in [0, 0.05) is 12.0 Å². The second kappa shape index (κ2) is 8.43. The van der Waals surface area contributed by atoms with Gasteiger partial charge in [-0.1, -0.05) is 32.4 Å². The first-order valence-electron chi connectivity index (χ1n) is 8.87. The predicted octanol–water partition coefficient (Wildman–Crippen LogP) is 5.37. The Morgan fingerprint density at radius 1 is 1.21 bits per heavy atom. The van der Waals surface area contributed by atoms with Crippen molar-refractivity contribution in [2.45, 2.75) is 27.7 Å². The number of nitrogens with one attached hydrogen (secondary N) is 1. The third kappa shape index (κ3) is 4.79. The number of aromatic nitrogens is 2. The SMILES string of the molecule is CCOCOc1ccc2nc(-c3ccc(NC(=O)C(C)(C)C)c(Cl)n3)sc2c1. The fraction of sp³-hybridized carbons (Fsp3) is 0.350. The molecule has 0 saturated carbocycles. The van der Waals surface area contributed by atoms with E-state index in [1.54, 1.807) is 12.1 Å². The lowest BCUT2D eigenvalue weighted by Gasteiger charge is -2.18. The van der Waals surface area contributed by atoms with Gasteiger partial charge in [-0.05, 0) is 37.3 Å². The number of ether oxygens (including phenoxy) is 2. The van der Waals surface area contributed by atoms with E-state index >= 15 is 0 Å². The van der Waals surface area contributed by atoms with Gasteiger partial charge in [-0.15, -0.1) is 11.3 Å². The van der Waals surface area contributed by atoms with Crippen LogP contribution in [0.3, 0.4) is 0 Å². The molecule has 28 heavy (non-hydrogen) atoms. The molecule has 0 fully saturated rings. The van der Waals surface area contributed by atoms with Gasteiger partial charge in [-0.2, -0.15) is 0 Å². The van der Waals surface area contributed by atoms with Crippen LogP contribution >= 0.6 is 22.9 Å². The summed E-state index contributed by atoms with van der Waals surface area (Å²) in [7, 11) is 0. The number of hydrogen-bond acceptors (Lipinski definition) is 6. The quantitative estimate of drug-likeness (QED) is 0.330. The highest BCUT2D eigenvalue weighted by molar-refractivity contribution is 7.21. The summed E-state index contributed by atoms with van der Waals surface area (Å²) in [6.45, 7) is 8.25. The Balaban J connectivity index is 1.82. The Hall–Kier alpha value is -2.22. The molecule has 0 aliphatic heterocycles. The van der Waals surface area contributed by atoms with Crippen molar-refractivity contribution in [3.63, 3.8) is 0 Å². The Bertz CT molecular complexity index is 998. The average molecular weight is 420 g/mol. The van der Waals surface area contributed by atoms with Crippen molar-refractivity contribution in [2.75, 3.05) is 18.7 Å². The fourth-order valence-electron chi connectivity index (χ4n) is 2.25. The normalized spacial score (nSPS) is 11.6. The maximum absolute atomic E-state index is 12.2. The Morgan fingerprint density at radius 3 is 2.68 bits per heavy atom. The lowest BCUT2D eigenvalue weighted by molar-refractivity contribution is -0.123. The molecule has 1 aromatic carbocycles. The van der Waals surface area contributed by atoms with E-state index in [-0.39, 0.29) is 17.9 Å². The minimum absolute atomic E-state index is 0.122. The summed E-state index contributed by atoms with van der Waals surface area (Å²) in [5.41, 5.74) is 1.47. The van der Waals surface area contributed by atoms with Crippen molar-refractivity contribution in [3.8, 4) is 16.5 Å². The number of rotatable bonds is 6. The van der Waals surface area contributed by atoms with Crippen LogP contribution < -0.4 is 10.1 Å². The molecule has 8 heteroatoms. The maximum Gasteiger partial charge on any atom is 0.229 e. The zero-order chi connectivity index (χ0) is 20.3. The second-order valence-electron chi connectivity index (χ2n) is 7.14. The van der Waals surface area contributed by atoms with E-state index in [9.17, 15) is 4.79 Å².